The van der Waals surface area contributed by atoms with Crippen LogP contribution in [0.3, 0.4) is 0 Å². The molecule has 106 valence electrons. The van der Waals surface area contributed by atoms with Gasteiger partial charge < -0.3 is 15.7 Å². The summed E-state index contributed by atoms with van der Waals surface area (Å²) in [6, 6.07) is 0.0700. The summed E-state index contributed by atoms with van der Waals surface area (Å²) in [7, 11) is 1.84. The lowest BCUT2D eigenvalue weighted by Gasteiger charge is -2.24. The second-order valence-electron chi connectivity index (χ2n) is 4.86. The van der Waals surface area contributed by atoms with Crippen LogP contribution in [-0.4, -0.2) is 41.0 Å². The van der Waals surface area contributed by atoms with Gasteiger partial charge in [-0.25, -0.2) is 0 Å². The maximum atomic E-state index is 11.8. The number of aromatic nitrogens is 2. The number of amides is 1. The Morgan fingerprint density at radius 1 is 1.63 bits per heavy atom. The third-order valence-electron chi connectivity index (χ3n) is 3.51. The summed E-state index contributed by atoms with van der Waals surface area (Å²) in [5.41, 5.74) is 2.26. The van der Waals surface area contributed by atoms with Crippen LogP contribution in [-0.2, 0) is 17.8 Å². The molecule has 1 aromatic heterocycles. The minimum Gasteiger partial charge on any atom is -0.394 e. The van der Waals surface area contributed by atoms with Gasteiger partial charge >= 0.3 is 0 Å². The molecule has 0 radical (unpaired) electrons. The molecule has 1 aromatic rings. The number of nitrogens with one attached hydrogen (secondary N) is 2. The van der Waals surface area contributed by atoms with Crippen LogP contribution in [0, 0.1) is 0 Å². The zero-order valence-corrected chi connectivity index (χ0v) is 11.4. The van der Waals surface area contributed by atoms with E-state index in [-0.39, 0.29) is 18.6 Å². The standard InChI is InChI=1S/C13H22N4O2/c1-14-6-5-13(19)16-11-3-2-4-12-10(11)9-15-17(12)7-8-18/h9,11,14,18H,2-8H2,1H3,(H,16,19). The zero-order chi connectivity index (χ0) is 13.7. The third-order valence-corrected chi connectivity index (χ3v) is 3.51. The maximum absolute atomic E-state index is 11.8. The predicted molar refractivity (Wildman–Crippen MR) is 71.7 cm³/mol. The second-order valence-corrected chi connectivity index (χ2v) is 4.86. The van der Waals surface area contributed by atoms with Gasteiger partial charge in [-0.3, -0.25) is 9.48 Å². The van der Waals surface area contributed by atoms with Crippen molar-refractivity contribution in [3.05, 3.63) is 17.5 Å². The molecule has 0 fully saturated rings. The summed E-state index contributed by atoms with van der Waals surface area (Å²) in [5, 5.41) is 19.4. The fourth-order valence-corrected chi connectivity index (χ4v) is 2.56. The molecule has 0 saturated heterocycles. The highest BCUT2D eigenvalue weighted by molar-refractivity contribution is 5.76. The molecule has 1 unspecified atom stereocenters. The topological polar surface area (TPSA) is 79.2 Å². The molecule has 0 aliphatic heterocycles. The van der Waals surface area contributed by atoms with Gasteiger partial charge in [0.25, 0.3) is 0 Å². The van der Waals surface area contributed by atoms with Gasteiger partial charge in [0.15, 0.2) is 0 Å². The average molecular weight is 266 g/mol. The van der Waals surface area contributed by atoms with Gasteiger partial charge in [-0.2, -0.15) is 5.10 Å². The number of hydrogen-bond donors (Lipinski definition) is 3. The van der Waals surface area contributed by atoms with E-state index >= 15 is 0 Å². The predicted octanol–water partition coefficient (Wildman–Crippen LogP) is -0.0215. The lowest BCUT2D eigenvalue weighted by atomic mass is 9.93. The van der Waals surface area contributed by atoms with E-state index in [1.807, 2.05) is 17.9 Å². The molecule has 1 aliphatic rings. The van der Waals surface area contributed by atoms with Crippen LogP contribution in [0.2, 0.25) is 0 Å². The van der Waals surface area contributed by atoms with Crippen LogP contribution >= 0.6 is 0 Å². The van der Waals surface area contributed by atoms with E-state index in [1.165, 1.54) is 0 Å². The number of fused-ring (bicyclic) bond motifs is 1. The second kappa shape index (κ2) is 6.68. The minimum atomic E-state index is 0.0700. The van der Waals surface area contributed by atoms with Crippen LogP contribution in [0.1, 0.15) is 36.6 Å². The fraction of sp³-hybridized carbons (Fsp3) is 0.692. The first kappa shape index (κ1) is 14.0. The number of carbonyl (C=O) groups excluding carboxylic acids is 1. The lowest BCUT2D eigenvalue weighted by molar-refractivity contribution is -0.121. The van der Waals surface area contributed by atoms with Crippen molar-refractivity contribution in [1.82, 2.24) is 20.4 Å². The molecule has 0 bridgehead atoms. The van der Waals surface area contributed by atoms with Gasteiger partial charge in [0.1, 0.15) is 0 Å². The number of aliphatic hydroxyl groups is 1. The monoisotopic (exact) mass is 266 g/mol. The third kappa shape index (κ3) is 3.33. The first-order valence-electron chi connectivity index (χ1n) is 6.85. The molecular formula is C13H22N4O2. The Morgan fingerprint density at radius 2 is 2.47 bits per heavy atom. The Balaban J connectivity index is 2.03. The molecule has 0 aromatic carbocycles. The Kier molecular flexibility index (Phi) is 4.93. The molecule has 2 rings (SSSR count). The van der Waals surface area contributed by atoms with Gasteiger partial charge in [0.2, 0.25) is 5.91 Å². The van der Waals surface area contributed by atoms with Gasteiger partial charge in [-0.1, -0.05) is 0 Å². The SMILES string of the molecule is CNCCC(=O)NC1CCCc2c1cnn2CCO. The molecule has 0 spiro atoms. The molecule has 1 aliphatic carbocycles. The van der Waals surface area contributed by atoms with Gasteiger partial charge in [0.05, 0.1) is 25.4 Å². The Hall–Kier alpha value is -1.40. The molecule has 6 heteroatoms. The van der Waals surface area contributed by atoms with Crippen LogP contribution < -0.4 is 10.6 Å². The van der Waals surface area contributed by atoms with Crippen molar-refractivity contribution in [3.63, 3.8) is 0 Å². The highest BCUT2D eigenvalue weighted by Gasteiger charge is 2.25. The summed E-state index contributed by atoms with van der Waals surface area (Å²) < 4.78 is 1.85. The molecule has 1 amide bonds. The smallest absolute Gasteiger partial charge is 0.221 e. The van der Waals surface area contributed by atoms with Crippen molar-refractivity contribution in [2.24, 2.45) is 0 Å². The highest BCUT2D eigenvalue weighted by atomic mass is 16.3. The molecule has 0 saturated carbocycles. The van der Waals surface area contributed by atoms with Crippen LogP contribution in [0.25, 0.3) is 0 Å². The van der Waals surface area contributed by atoms with E-state index in [0.29, 0.717) is 19.5 Å². The first-order valence-corrected chi connectivity index (χ1v) is 6.85. The molecule has 1 atom stereocenters. The largest absolute Gasteiger partial charge is 0.394 e. The summed E-state index contributed by atoms with van der Waals surface area (Å²) >= 11 is 0. The highest BCUT2D eigenvalue weighted by Crippen LogP contribution is 2.29. The van der Waals surface area contributed by atoms with Crippen molar-refractivity contribution in [2.45, 2.75) is 38.3 Å². The summed E-state index contributed by atoms with van der Waals surface area (Å²) in [5.74, 6) is 0.0714. The Morgan fingerprint density at radius 3 is 3.21 bits per heavy atom. The average Bonchev–Trinajstić information content (AvgIpc) is 2.81. The lowest BCUT2D eigenvalue weighted by Crippen LogP contribution is -2.32. The van der Waals surface area contributed by atoms with Crippen molar-refractivity contribution >= 4 is 5.91 Å². The first-order chi connectivity index (χ1) is 9.26. The van der Waals surface area contributed by atoms with Crippen LogP contribution in [0.15, 0.2) is 6.20 Å². The van der Waals surface area contributed by atoms with E-state index in [4.69, 9.17) is 5.11 Å². The number of aliphatic hydroxyl groups excluding tert-OH is 1. The number of nitrogens with zero attached hydrogens (tertiary/aromatic N) is 2. The van der Waals surface area contributed by atoms with E-state index in [9.17, 15) is 4.79 Å². The van der Waals surface area contributed by atoms with Crippen molar-refractivity contribution in [3.8, 4) is 0 Å². The number of hydrogen-bond acceptors (Lipinski definition) is 4. The molecule has 3 N–H and O–H groups in total. The zero-order valence-electron chi connectivity index (χ0n) is 11.4. The van der Waals surface area contributed by atoms with Crippen LogP contribution in [0.4, 0.5) is 0 Å². The maximum Gasteiger partial charge on any atom is 0.221 e. The molecular weight excluding hydrogens is 244 g/mol. The van der Waals surface area contributed by atoms with Crippen molar-refractivity contribution < 1.29 is 9.90 Å². The quantitative estimate of drug-likeness (QED) is 0.676. The Bertz CT molecular complexity index is 430. The normalized spacial score (nSPS) is 18.1. The minimum absolute atomic E-state index is 0.0700. The van der Waals surface area contributed by atoms with E-state index < -0.39 is 0 Å². The van der Waals surface area contributed by atoms with Crippen molar-refractivity contribution in [1.29, 1.82) is 0 Å². The van der Waals surface area contributed by atoms with E-state index in [1.54, 1.807) is 0 Å². The molecule has 1 heterocycles. The molecule has 6 nitrogen and oxygen atoms in total. The summed E-state index contributed by atoms with van der Waals surface area (Å²) in [4.78, 5) is 11.8. The van der Waals surface area contributed by atoms with Crippen LogP contribution in [0.5, 0.6) is 0 Å². The van der Waals surface area contributed by atoms with Gasteiger partial charge in [-0.05, 0) is 26.3 Å². The van der Waals surface area contributed by atoms with Gasteiger partial charge in [-0.15, -0.1) is 0 Å². The van der Waals surface area contributed by atoms with Crippen molar-refractivity contribution in [2.75, 3.05) is 20.2 Å². The summed E-state index contributed by atoms with van der Waals surface area (Å²) in [6.07, 6.45) is 5.29. The van der Waals surface area contributed by atoms with E-state index in [2.05, 4.69) is 15.7 Å². The Labute approximate surface area is 113 Å². The van der Waals surface area contributed by atoms with Gasteiger partial charge in [0, 0.05) is 24.2 Å². The van der Waals surface area contributed by atoms with E-state index in [0.717, 1.165) is 30.5 Å². The number of rotatable bonds is 6. The number of carbonyl (C=O) groups is 1. The summed E-state index contributed by atoms with van der Waals surface area (Å²) in [6.45, 7) is 1.30. The fourth-order valence-electron chi connectivity index (χ4n) is 2.56. The molecule has 19 heavy (non-hydrogen) atoms.